The van der Waals surface area contributed by atoms with Crippen LogP contribution in [0, 0.1) is 6.92 Å². The summed E-state index contributed by atoms with van der Waals surface area (Å²) in [5, 5.41) is 12.2. The van der Waals surface area contributed by atoms with Crippen molar-refractivity contribution in [3.05, 3.63) is 47.9 Å². The van der Waals surface area contributed by atoms with E-state index in [1.807, 2.05) is 17.6 Å². The molecule has 1 saturated heterocycles. The van der Waals surface area contributed by atoms with E-state index in [-0.39, 0.29) is 23.7 Å². The zero-order valence-electron chi connectivity index (χ0n) is 18.6. The second-order valence-electron chi connectivity index (χ2n) is 7.58. The Morgan fingerprint density at radius 1 is 1.24 bits per heavy atom. The highest BCUT2D eigenvalue weighted by atomic mass is 32.2. The van der Waals surface area contributed by atoms with Crippen molar-refractivity contribution in [2.24, 2.45) is 0 Å². The van der Waals surface area contributed by atoms with Crippen molar-refractivity contribution in [2.75, 3.05) is 24.3 Å². The van der Waals surface area contributed by atoms with E-state index in [1.165, 1.54) is 11.8 Å². The molecule has 1 aliphatic rings. The largest absolute Gasteiger partial charge is 0.469 e. The maximum absolute atomic E-state index is 12.5. The summed E-state index contributed by atoms with van der Waals surface area (Å²) < 4.78 is 18.2. The molecule has 0 aliphatic carbocycles. The van der Waals surface area contributed by atoms with E-state index in [0.29, 0.717) is 35.4 Å². The van der Waals surface area contributed by atoms with Crippen LogP contribution in [0.3, 0.4) is 0 Å². The number of amides is 1. The maximum Gasteiger partial charge on any atom is 0.338 e. The molecule has 3 aromatic rings. The van der Waals surface area contributed by atoms with Gasteiger partial charge in [0.2, 0.25) is 5.91 Å². The van der Waals surface area contributed by atoms with Crippen LogP contribution in [0.25, 0.3) is 11.4 Å². The Balaban J connectivity index is 1.42. The number of carbonyl (C=O) groups is 2. The highest BCUT2D eigenvalue weighted by Gasteiger charge is 2.23. The normalized spacial score (nSPS) is 15.5. The van der Waals surface area contributed by atoms with Gasteiger partial charge in [0.1, 0.15) is 5.76 Å². The van der Waals surface area contributed by atoms with Gasteiger partial charge in [-0.3, -0.25) is 9.36 Å². The van der Waals surface area contributed by atoms with Crippen LogP contribution in [0.1, 0.15) is 35.9 Å². The lowest BCUT2D eigenvalue weighted by atomic mass is 10.2. The van der Waals surface area contributed by atoms with Crippen molar-refractivity contribution in [1.82, 2.24) is 14.8 Å². The summed E-state index contributed by atoms with van der Waals surface area (Å²) in [4.78, 5) is 24.3. The van der Waals surface area contributed by atoms with E-state index in [2.05, 4.69) is 15.5 Å². The van der Waals surface area contributed by atoms with Gasteiger partial charge in [-0.15, -0.1) is 10.2 Å². The number of thioether (sulfide) groups is 1. The molecular weight excluding hydrogens is 444 g/mol. The molecule has 174 valence electrons. The van der Waals surface area contributed by atoms with Gasteiger partial charge in [0, 0.05) is 12.3 Å². The van der Waals surface area contributed by atoms with Gasteiger partial charge in [-0.25, -0.2) is 4.79 Å². The molecule has 1 aliphatic heterocycles. The Hall–Kier alpha value is -3.11. The third kappa shape index (κ3) is 5.63. The number of esters is 1. The van der Waals surface area contributed by atoms with E-state index in [0.717, 1.165) is 30.8 Å². The number of carbonyl (C=O) groups excluding carboxylic acids is 2. The number of aromatic nitrogens is 3. The Labute approximate surface area is 195 Å². The molecule has 1 amide bonds. The number of anilines is 1. The number of ether oxygens (including phenoxy) is 2. The molecule has 1 fully saturated rings. The van der Waals surface area contributed by atoms with Crippen molar-refractivity contribution in [1.29, 1.82) is 0 Å². The van der Waals surface area contributed by atoms with Gasteiger partial charge < -0.3 is 19.2 Å². The van der Waals surface area contributed by atoms with Gasteiger partial charge in [0.25, 0.3) is 0 Å². The average Bonchev–Trinajstić information content (AvgIpc) is 3.55. The van der Waals surface area contributed by atoms with Crippen LogP contribution >= 0.6 is 11.8 Å². The molecule has 0 radical (unpaired) electrons. The molecule has 0 bridgehead atoms. The lowest BCUT2D eigenvalue weighted by Crippen LogP contribution is -2.18. The quantitative estimate of drug-likeness (QED) is 0.370. The smallest absolute Gasteiger partial charge is 0.338 e. The van der Waals surface area contributed by atoms with Crippen molar-refractivity contribution in [3.8, 4) is 11.4 Å². The number of nitrogens with zero attached hydrogens (tertiary/aromatic N) is 3. The number of nitrogens with one attached hydrogen (secondary N) is 1. The molecule has 2 aromatic heterocycles. The van der Waals surface area contributed by atoms with E-state index in [1.54, 1.807) is 37.5 Å². The van der Waals surface area contributed by atoms with Crippen LogP contribution in [0.2, 0.25) is 0 Å². The third-order valence-corrected chi connectivity index (χ3v) is 6.21. The molecule has 1 N–H and O–H groups in total. The summed E-state index contributed by atoms with van der Waals surface area (Å²) in [6, 6.07) is 8.46. The first-order valence-corrected chi connectivity index (χ1v) is 11.8. The SMILES string of the molecule is CCOC(=O)c1ccc(NC(=O)CSc2nnc(-c3ccoc3C)n2CC2CCCO2)cc1. The third-order valence-electron chi connectivity index (χ3n) is 5.24. The van der Waals surface area contributed by atoms with Crippen LogP contribution < -0.4 is 5.32 Å². The lowest BCUT2D eigenvalue weighted by Gasteiger charge is -2.14. The molecule has 3 heterocycles. The second-order valence-corrected chi connectivity index (χ2v) is 8.52. The molecule has 10 heteroatoms. The number of benzene rings is 1. The summed E-state index contributed by atoms with van der Waals surface area (Å²) in [6.07, 6.45) is 3.74. The molecule has 1 atom stereocenters. The van der Waals surface area contributed by atoms with Crippen LogP contribution in [0.5, 0.6) is 0 Å². The summed E-state index contributed by atoms with van der Waals surface area (Å²) in [5.74, 6) is 1.05. The number of aryl methyl sites for hydroxylation is 1. The topological polar surface area (TPSA) is 108 Å². The summed E-state index contributed by atoms with van der Waals surface area (Å²) in [6.45, 7) is 5.33. The minimum atomic E-state index is -0.389. The predicted molar refractivity (Wildman–Crippen MR) is 123 cm³/mol. The van der Waals surface area contributed by atoms with Crippen molar-refractivity contribution >= 4 is 29.3 Å². The van der Waals surface area contributed by atoms with E-state index in [4.69, 9.17) is 13.9 Å². The van der Waals surface area contributed by atoms with Crippen LogP contribution in [-0.2, 0) is 20.8 Å². The Kier molecular flexibility index (Phi) is 7.46. The average molecular weight is 471 g/mol. The molecule has 33 heavy (non-hydrogen) atoms. The van der Waals surface area contributed by atoms with Crippen molar-refractivity contribution < 1.29 is 23.5 Å². The van der Waals surface area contributed by atoms with Crippen molar-refractivity contribution in [3.63, 3.8) is 0 Å². The van der Waals surface area contributed by atoms with Gasteiger partial charge >= 0.3 is 5.97 Å². The van der Waals surface area contributed by atoms with Gasteiger partial charge in [-0.05, 0) is 57.0 Å². The molecule has 0 saturated carbocycles. The van der Waals surface area contributed by atoms with E-state index < -0.39 is 0 Å². The van der Waals surface area contributed by atoms with Crippen LogP contribution in [0.15, 0.2) is 46.2 Å². The van der Waals surface area contributed by atoms with Gasteiger partial charge in [0.05, 0.1) is 42.4 Å². The molecule has 4 rings (SSSR count). The fourth-order valence-corrected chi connectivity index (χ4v) is 4.35. The second kappa shape index (κ2) is 10.7. The first-order valence-electron chi connectivity index (χ1n) is 10.8. The maximum atomic E-state index is 12.5. The first kappa shape index (κ1) is 23.1. The number of hydrogen-bond donors (Lipinski definition) is 1. The fourth-order valence-electron chi connectivity index (χ4n) is 3.60. The molecule has 1 unspecified atom stereocenters. The predicted octanol–water partition coefficient (Wildman–Crippen LogP) is 3.93. The lowest BCUT2D eigenvalue weighted by molar-refractivity contribution is -0.113. The van der Waals surface area contributed by atoms with Gasteiger partial charge in [0.15, 0.2) is 11.0 Å². The highest BCUT2D eigenvalue weighted by molar-refractivity contribution is 7.99. The summed E-state index contributed by atoms with van der Waals surface area (Å²) in [7, 11) is 0. The van der Waals surface area contributed by atoms with Crippen LogP contribution in [0.4, 0.5) is 5.69 Å². The minimum absolute atomic E-state index is 0.0954. The van der Waals surface area contributed by atoms with Gasteiger partial charge in [-0.1, -0.05) is 11.8 Å². The summed E-state index contributed by atoms with van der Waals surface area (Å²) in [5.41, 5.74) is 1.91. The zero-order valence-corrected chi connectivity index (χ0v) is 19.4. The standard InChI is InChI=1S/C23H26N4O5S/c1-3-30-22(29)16-6-8-17(9-7-16)24-20(28)14-33-23-26-25-21(19-10-12-31-15(19)2)27(23)13-18-5-4-11-32-18/h6-10,12,18H,3-5,11,13-14H2,1-2H3,(H,24,28). The summed E-state index contributed by atoms with van der Waals surface area (Å²) >= 11 is 1.31. The fraction of sp³-hybridized carbons (Fsp3) is 0.391. The Morgan fingerprint density at radius 2 is 2.06 bits per heavy atom. The Morgan fingerprint density at radius 3 is 2.73 bits per heavy atom. The molecule has 0 spiro atoms. The van der Waals surface area contributed by atoms with E-state index >= 15 is 0 Å². The monoisotopic (exact) mass is 470 g/mol. The highest BCUT2D eigenvalue weighted by Crippen LogP contribution is 2.29. The molecule has 9 nitrogen and oxygen atoms in total. The number of hydrogen-bond acceptors (Lipinski definition) is 8. The number of rotatable bonds is 9. The molecular formula is C23H26N4O5S. The van der Waals surface area contributed by atoms with E-state index in [9.17, 15) is 9.59 Å². The first-order chi connectivity index (χ1) is 16.0. The number of furan rings is 1. The zero-order chi connectivity index (χ0) is 23.2. The van der Waals surface area contributed by atoms with Gasteiger partial charge in [-0.2, -0.15) is 0 Å². The molecule has 1 aromatic carbocycles. The minimum Gasteiger partial charge on any atom is -0.469 e. The van der Waals surface area contributed by atoms with Crippen LogP contribution in [-0.4, -0.2) is 51.7 Å². The van der Waals surface area contributed by atoms with Crippen molar-refractivity contribution in [2.45, 2.75) is 44.5 Å². The Bertz CT molecular complexity index is 1100.